The maximum absolute atomic E-state index is 5.83. The SMILES string of the molecule is CCC(CC)c1cc2nc(N)nc(N)c2s1. The van der Waals surface area contributed by atoms with Gasteiger partial charge in [0.1, 0.15) is 5.82 Å². The number of aromatic nitrogens is 2. The molecule has 5 heteroatoms. The summed E-state index contributed by atoms with van der Waals surface area (Å²) in [5.74, 6) is 1.32. The minimum absolute atomic E-state index is 0.249. The van der Waals surface area contributed by atoms with Gasteiger partial charge in [-0.3, -0.25) is 0 Å². The van der Waals surface area contributed by atoms with E-state index < -0.39 is 0 Å². The molecule has 0 atom stereocenters. The maximum atomic E-state index is 5.83. The Bertz CT molecular complexity index is 502. The highest BCUT2D eigenvalue weighted by molar-refractivity contribution is 7.19. The lowest BCUT2D eigenvalue weighted by atomic mass is 10.0. The van der Waals surface area contributed by atoms with Gasteiger partial charge in [-0.1, -0.05) is 13.8 Å². The van der Waals surface area contributed by atoms with Gasteiger partial charge in [0.15, 0.2) is 0 Å². The molecule has 0 aromatic carbocycles. The zero-order valence-corrected chi connectivity index (χ0v) is 10.3. The van der Waals surface area contributed by atoms with Gasteiger partial charge in [0.05, 0.1) is 10.2 Å². The minimum atomic E-state index is 0.249. The Morgan fingerprint density at radius 2 is 1.94 bits per heavy atom. The van der Waals surface area contributed by atoms with Gasteiger partial charge in [-0.2, -0.15) is 4.98 Å². The van der Waals surface area contributed by atoms with Crippen LogP contribution >= 0.6 is 11.3 Å². The Labute approximate surface area is 98.7 Å². The molecule has 0 radical (unpaired) electrons. The van der Waals surface area contributed by atoms with Crippen molar-refractivity contribution in [1.82, 2.24) is 9.97 Å². The van der Waals surface area contributed by atoms with Crippen LogP contribution in [0.1, 0.15) is 37.5 Å². The van der Waals surface area contributed by atoms with Gasteiger partial charge in [-0.05, 0) is 24.8 Å². The zero-order chi connectivity index (χ0) is 11.7. The van der Waals surface area contributed by atoms with E-state index in [0.717, 1.165) is 23.1 Å². The second-order valence-electron chi connectivity index (χ2n) is 3.84. The number of nitrogens with two attached hydrogens (primary N) is 2. The van der Waals surface area contributed by atoms with Crippen molar-refractivity contribution in [3.8, 4) is 0 Å². The van der Waals surface area contributed by atoms with E-state index in [0.29, 0.717) is 11.7 Å². The first-order valence-corrected chi connectivity index (χ1v) is 6.29. The summed E-state index contributed by atoms with van der Waals surface area (Å²) in [7, 11) is 0. The molecule has 0 fully saturated rings. The number of nitrogens with zero attached hydrogens (tertiary/aromatic N) is 2. The molecule has 0 bridgehead atoms. The van der Waals surface area contributed by atoms with Gasteiger partial charge < -0.3 is 11.5 Å². The third-order valence-electron chi connectivity index (χ3n) is 2.82. The summed E-state index contributed by atoms with van der Waals surface area (Å²) < 4.78 is 0.955. The average Bonchev–Trinajstić information content (AvgIpc) is 2.63. The topological polar surface area (TPSA) is 77.8 Å². The number of rotatable bonds is 3. The van der Waals surface area contributed by atoms with Crippen LogP contribution < -0.4 is 11.5 Å². The molecule has 0 aliphatic carbocycles. The second-order valence-corrected chi connectivity index (χ2v) is 4.93. The predicted octanol–water partition coefficient (Wildman–Crippen LogP) is 2.76. The first kappa shape index (κ1) is 11.1. The predicted molar refractivity (Wildman–Crippen MR) is 69.6 cm³/mol. The third kappa shape index (κ3) is 1.82. The molecule has 0 aliphatic heterocycles. The summed E-state index contributed by atoms with van der Waals surface area (Å²) in [6.45, 7) is 4.39. The fraction of sp³-hybridized carbons (Fsp3) is 0.455. The lowest BCUT2D eigenvalue weighted by molar-refractivity contribution is 0.653. The molecule has 4 nitrogen and oxygen atoms in total. The summed E-state index contributed by atoms with van der Waals surface area (Å²) in [6, 6.07) is 2.09. The van der Waals surface area contributed by atoms with Crippen LogP contribution in [0.4, 0.5) is 11.8 Å². The highest BCUT2D eigenvalue weighted by Gasteiger charge is 2.14. The van der Waals surface area contributed by atoms with Crippen molar-refractivity contribution in [3.63, 3.8) is 0 Å². The van der Waals surface area contributed by atoms with E-state index in [4.69, 9.17) is 11.5 Å². The zero-order valence-electron chi connectivity index (χ0n) is 9.53. The Hall–Kier alpha value is -1.36. The molecule has 4 N–H and O–H groups in total. The van der Waals surface area contributed by atoms with Crippen LogP contribution in [0, 0.1) is 0 Å². The Morgan fingerprint density at radius 3 is 2.56 bits per heavy atom. The van der Waals surface area contributed by atoms with Gasteiger partial charge in [-0.15, -0.1) is 11.3 Å². The number of thiophene rings is 1. The van der Waals surface area contributed by atoms with Crippen LogP contribution in [0.3, 0.4) is 0 Å². The van der Waals surface area contributed by atoms with Crippen LogP contribution in [0.2, 0.25) is 0 Å². The van der Waals surface area contributed by atoms with E-state index in [1.807, 2.05) is 0 Å². The van der Waals surface area contributed by atoms with Crippen molar-refractivity contribution in [2.24, 2.45) is 0 Å². The smallest absolute Gasteiger partial charge is 0.222 e. The molecule has 2 rings (SSSR count). The molecule has 0 spiro atoms. The van der Waals surface area contributed by atoms with Crippen molar-refractivity contribution in [2.75, 3.05) is 11.5 Å². The largest absolute Gasteiger partial charge is 0.382 e. The lowest BCUT2D eigenvalue weighted by Crippen LogP contribution is -1.98. The number of anilines is 2. The molecule has 16 heavy (non-hydrogen) atoms. The molecule has 0 amide bonds. The molecule has 86 valence electrons. The molecular weight excluding hydrogens is 220 g/mol. The number of hydrogen-bond acceptors (Lipinski definition) is 5. The van der Waals surface area contributed by atoms with Crippen LogP contribution in [-0.4, -0.2) is 9.97 Å². The van der Waals surface area contributed by atoms with Crippen molar-refractivity contribution in [1.29, 1.82) is 0 Å². The van der Waals surface area contributed by atoms with Gasteiger partial charge in [0, 0.05) is 4.88 Å². The highest BCUT2D eigenvalue weighted by atomic mass is 32.1. The van der Waals surface area contributed by atoms with E-state index in [1.54, 1.807) is 11.3 Å². The standard InChI is InChI=1S/C11H16N4S/c1-3-6(4-2)8-5-7-9(16-8)10(12)15-11(13)14-7/h5-6H,3-4H2,1-2H3,(H4,12,13,14,15). The van der Waals surface area contributed by atoms with Crippen molar-refractivity contribution < 1.29 is 0 Å². The molecule has 0 saturated heterocycles. The van der Waals surface area contributed by atoms with Crippen molar-refractivity contribution in [3.05, 3.63) is 10.9 Å². The van der Waals surface area contributed by atoms with Gasteiger partial charge >= 0.3 is 0 Å². The molecular formula is C11H16N4S. The van der Waals surface area contributed by atoms with E-state index in [-0.39, 0.29) is 5.95 Å². The van der Waals surface area contributed by atoms with Gasteiger partial charge in [0.25, 0.3) is 0 Å². The minimum Gasteiger partial charge on any atom is -0.382 e. The number of fused-ring (bicyclic) bond motifs is 1. The Morgan fingerprint density at radius 1 is 1.25 bits per heavy atom. The van der Waals surface area contributed by atoms with Crippen LogP contribution in [-0.2, 0) is 0 Å². The second kappa shape index (κ2) is 4.25. The molecule has 2 heterocycles. The number of hydrogen-bond donors (Lipinski definition) is 2. The van der Waals surface area contributed by atoms with Crippen LogP contribution in [0.25, 0.3) is 10.2 Å². The Balaban J connectivity index is 2.55. The molecule has 0 saturated carbocycles. The summed E-state index contributed by atoms with van der Waals surface area (Å²) in [5, 5.41) is 0. The molecule has 2 aromatic rings. The molecule has 2 aromatic heterocycles. The fourth-order valence-corrected chi connectivity index (χ4v) is 3.15. The van der Waals surface area contributed by atoms with Gasteiger partial charge in [0.2, 0.25) is 5.95 Å². The number of nitrogen functional groups attached to an aromatic ring is 2. The molecule has 0 aliphatic rings. The first-order chi connectivity index (χ1) is 7.65. The highest BCUT2D eigenvalue weighted by Crippen LogP contribution is 2.35. The van der Waals surface area contributed by atoms with E-state index in [1.165, 1.54) is 4.88 Å². The van der Waals surface area contributed by atoms with E-state index >= 15 is 0 Å². The lowest BCUT2D eigenvalue weighted by Gasteiger charge is -2.07. The fourth-order valence-electron chi connectivity index (χ4n) is 1.88. The molecule has 0 unspecified atom stereocenters. The summed E-state index contributed by atoms with van der Waals surface area (Å²) in [5.41, 5.74) is 12.3. The van der Waals surface area contributed by atoms with Crippen molar-refractivity contribution in [2.45, 2.75) is 32.6 Å². The van der Waals surface area contributed by atoms with Gasteiger partial charge in [-0.25, -0.2) is 4.98 Å². The summed E-state index contributed by atoms with van der Waals surface area (Å²) in [4.78, 5) is 9.51. The summed E-state index contributed by atoms with van der Waals surface area (Å²) in [6.07, 6.45) is 2.26. The van der Waals surface area contributed by atoms with Crippen LogP contribution in [0.5, 0.6) is 0 Å². The summed E-state index contributed by atoms with van der Waals surface area (Å²) >= 11 is 1.68. The van der Waals surface area contributed by atoms with E-state index in [2.05, 4.69) is 29.9 Å². The first-order valence-electron chi connectivity index (χ1n) is 5.48. The van der Waals surface area contributed by atoms with Crippen molar-refractivity contribution >= 4 is 33.3 Å². The Kier molecular flexibility index (Phi) is 2.96. The van der Waals surface area contributed by atoms with Crippen LogP contribution in [0.15, 0.2) is 6.07 Å². The quantitative estimate of drug-likeness (QED) is 0.859. The maximum Gasteiger partial charge on any atom is 0.222 e. The third-order valence-corrected chi connectivity index (χ3v) is 4.13. The van der Waals surface area contributed by atoms with E-state index in [9.17, 15) is 0 Å². The normalized spacial score (nSPS) is 11.4. The monoisotopic (exact) mass is 236 g/mol. The average molecular weight is 236 g/mol.